The number of aliphatic hydroxyl groups is 3. The molecule has 5 aliphatic carbocycles. The quantitative estimate of drug-likeness (QED) is 0.0130. The van der Waals surface area contributed by atoms with Crippen LogP contribution in [0, 0.1) is 35.0 Å². The number of aryl methyl sites for hydroxylation is 1. The van der Waals surface area contributed by atoms with Gasteiger partial charge in [0, 0.05) is 86.9 Å². The molecule has 107 heavy (non-hydrogen) atoms. The molecule has 0 spiro atoms. The van der Waals surface area contributed by atoms with E-state index in [2.05, 4.69) is 34.8 Å². The normalized spacial score (nSPS) is 23.3. The molecule has 3 heterocycles. The van der Waals surface area contributed by atoms with Crippen LogP contribution in [0.25, 0.3) is 43.4 Å². The number of fused-ring (bicyclic) bond motifs is 2. The lowest BCUT2D eigenvalue weighted by Crippen LogP contribution is -2.64. The Kier molecular flexibility index (Phi) is 24.3. The standard InChI is InChI=1S/C77H92N8O20S2/c1-45-57(53-23-24-58(81-64(53)71(97)98)48-20-19-46-14-12-16-54(55(46)33-48)69(94)83-72-82-59-17-7-8-18-61(59)106-72)35-80-85(45)44-76-39-74(2)38-75(3,40-76)42-77(41-74,43-76)104-30-29-84(4)73(99)103-36-49-21-22-52(105-60-34-56(70(95)96)65(90)67(92)66(60)91)32-47(49)13-9-11-28-79-68(93)50(37-107(100,101)102)31-51(86)15-6-5-10-27-78-62(87)25-26-63(88)89/h7-8,12,14,16-24,32-33,35,50,56,60,65-67,90-92H,5-6,9-11,13,15,25-31,34,36-44H2,1-4H3,(H,78,87)(H,79,93)(H,88,89)(H,95,96)(H,97,98)(H,82,83,94)(H,100,101,102)/t50-,56-,60+,65+,66-,67-,74?,75?,76?,77?/m0/s1. The van der Waals surface area contributed by atoms with Gasteiger partial charge in [-0.1, -0.05) is 74.1 Å². The number of hydrogen-bond acceptors (Lipinski definition) is 20. The number of carboxylic acids is 3. The molecule has 10 N–H and O–H groups in total. The largest absolute Gasteiger partial charge is 0.488 e. The number of rotatable bonds is 35. The summed E-state index contributed by atoms with van der Waals surface area (Å²) in [4.78, 5) is 112. The summed E-state index contributed by atoms with van der Waals surface area (Å²) in [6.45, 7) is 7.61. The Morgan fingerprint density at radius 2 is 1.50 bits per heavy atom. The minimum atomic E-state index is -4.68. The molecule has 30 heteroatoms. The number of aromatic nitrogens is 4. The third-order valence-electron chi connectivity index (χ3n) is 21.3. The zero-order valence-corrected chi connectivity index (χ0v) is 61.8. The summed E-state index contributed by atoms with van der Waals surface area (Å²) >= 11 is 1.38. The number of aliphatic carboxylic acids is 2. The van der Waals surface area contributed by atoms with E-state index in [0.717, 1.165) is 59.8 Å². The number of nitrogens with one attached hydrogen (secondary N) is 3. The number of anilines is 1. The second-order valence-electron chi connectivity index (χ2n) is 30.3. The number of Topliss-reactive ketones (excluding diaryl/α,β-unsaturated/α-hetero) is 1. The molecule has 2 unspecified atom stereocenters. The number of ketones is 1. The predicted octanol–water partition coefficient (Wildman–Crippen LogP) is 9.42. The fraction of sp³-hybridized carbons (Fsp3) is 0.494. The number of benzene rings is 4. The monoisotopic (exact) mass is 1510 g/mol. The number of aliphatic hydroxyl groups excluding tert-OH is 3. The lowest BCUT2D eigenvalue weighted by atomic mass is 9.39. The van der Waals surface area contributed by atoms with Crippen LogP contribution < -0.4 is 20.7 Å². The Morgan fingerprint density at radius 1 is 0.757 bits per heavy atom. The van der Waals surface area contributed by atoms with Crippen molar-refractivity contribution >= 4 is 95.1 Å². The number of ether oxygens (including phenoxy) is 3. The zero-order chi connectivity index (χ0) is 76.8. The van der Waals surface area contributed by atoms with E-state index in [1.54, 1.807) is 43.6 Å². The molecule has 572 valence electrons. The second kappa shape index (κ2) is 33.0. The second-order valence-corrected chi connectivity index (χ2v) is 32.8. The molecule has 3 aromatic heterocycles. The summed E-state index contributed by atoms with van der Waals surface area (Å²) in [6.07, 6.45) is 0.954. The van der Waals surface area contributed by atoms with Crippen molar-refractivity contribution in [3.8, 4) is 28.1 Å². The van der Waals surface area contributed by atoms with Crippen LogP contribution in [0.1, 0.15) is 154 Å². The van der Waals surface area contributed by atoms with Crippen LogP contribution in [-0.4, -0.2) is 185 Å². The maximum atomic E-state index is 13.9. The van der Waals surface area contributed by atoms with Crippen LogP contribution in [0.5, 0.6) is 5.75 Å². The number of unbranched alkanes of at least 4 members (excludes halogenated alkanes) is 3. The Balaban J connectivity index is 0.708. The number of carboxylic acid groups (broad SMARTS) is 3. The van der Waals surface area contributed by atoms with Gasteiger partial charge in [0.15, 0.2) is 10.8 Å². The van der Waals surface area contributed by atoms with Gasteiger partial charge in [-0.15, -0.1) is 0 Å². The molecule has 4 bridgehead atoms. The number of carbonyl (C=O) groups excluding carboxylic acids is 5. The van der Waals surface area contributed by atoms with E-state index in [0.29, 0.717) is 88.2 Å². The van der Waals surface area contributed by atoms with Gasteiger partial charge in [-0.25, -0.2) is 19.6 Å². The van der Waals surface area contributed by atoms with Crippen molar-refractivity contribution in [2.24, 2.45) is 28.1 Å². The number of thiazole rings is 1. The van der Waals surface area contributed by atoms with Crippen molar-refractivity contribution in [1.82, 2.24) is 35.3 Å². The fourth-order valence-corrected chi connectivity index (χ4v) is 19.0. The number of amides is 4. The SMILES string of the molecule is Cc1c(-c2ccc(-c3ccc4cccc(C(=O)Nc5nc6ccccc6s5)c4c3)nc2C(=O)O)cnn1CC12CC3(C)CC(C)(C1)CC(OCCN(C)C(=O)OCc1ccc(O[C@@H]4C[C@H](C(=O)O)[C@@H](O)[C@H](O)[C@H]4O)cc1CCCCNC(=O)[C@@H](CC(=O)CCCCCNC(=O)CCC(=O)O)CS(=O)(=O)O)(C3)C2. The molecule has 7 aromatic rings. The summed E-state index contributed by atoms with van der Waals surface area (Å²) in [6, 6.07) is 27.0. The van der Waals surface area contributed by atoms with E-state index >= 15 is 0 Å². The lowest BCUT2D eigenvalue weighted by Gasteiger charge is -2.69. The van der Waals surface area contributed by atoms with Gasteiger partial charge in [-0.05, 0) is 164 Å². The van der Waals surface area contributed by atoms with E-state index in [1.807, 2.05) is 66.2 Å². The summed E-state index contributed by atoms with van der Waals surface area (Å²) in [5.74, 6) is -9.28. The topological polar surface area (TPSA) is 423 Å². The Bertz CT molecular complexity index is 4590. The fourth-order valence-electron chi connectivity index (χ4n) is 17.4. The van der Waals surface area contributed by atoms with E-state index in [9.17, 15) is 76.9 Å². The van der Waals surface area contributed by atoms with Crippen molar-refractivity contribution in [3.63, 3.8) is 0 Å². The van der Waals surface area contributed by atoms with Crippen LogP contribution in [0.3, 0.4) is 0 Å². The van der Waals surface area contributed by atoms with Gasteiger partial charge in [0.2, 0.25) is 11.8 Å². The van der Waals surface area contributed by atoms with Gasteiger partial charge in [0.25, 0.3) is 16.0 Å². The Morgan fingerprint density at radius 3 is 2.23 bits per heavy atom. The molecule has 5 saturated carbocycles. The Labute approximate surface area is 622 Å². The maximum absolute atomic E-state index is 13.9. The number of para-hydroxylation sites is 1. The molecule has 8 atom stereocenters. The number of hydrogen-bond donors (Lipinski definition) is 10. The predicted molar refractivity (Wildman–Crippen MR) is 394 cm³/mol. The molecule has 12 rings (SSSR count). The molecule has 28 nitrogen and oxygen atoms in total. The van der Waals surface area contributed by atoms with Crippen molar-refractivity contribution in [2.75, 3.05) is 44.4 Å². The first-order chi connectivity index (χ1) is 50.8. The van der Waals surface area contributed by atoms with Gasteiger partial charge in [-0.3, -0.25) is 43.3 Å². The van der Waals surface area contributed by atoms with Gasteiger partial charge in [-0.2, -0.15) is 13.5 Å². The molecule has 0 saturated heterocycles. The highest BCUT2D eigenvalue weighted by atomic mass is 32.2. The first-order valence-electron chi connectivity index (χ1n) is 36.1. The average molecular weight is 1510 g/mol. The molecular formula is C77H92N8O20S2. The zero-order valence-electron chi connectivity index (χ0n) is 60.2. The van der Waals surface area contributed by atoms with Crippen LogP contribution >= 0.6 is 11.3 Å². The van der Waals surface area contributed by atoms with E-state index in [1.165, 1.54) is 22.3 Å². The lowest BCUT2D eigenvalue weighted by molar-refractivity contribution is -0.248. The first-order valence-corrected chi connectivity index (χ1v) is 38.5. The number of carbonyl (C=O) groups is 8. The number of aromatic carboxylic acids is 1. The van der Waals surface area contributed by atoms with Crippen LogP contribution in [0.2, 0.25) is 0 Å². The number of likely N-dealkylation sites (N-methyl/N-ethyl adjacent to an activating group) is 1. The highest BCUT2D eigenvalue weighted by molar-refractivity contribution is 7.85. The third kappa shape index (κ3) is 19.4. The van der Waals surface area contributed by atoms with Gasteiger partial charge < -0.3 is 60.4 Å². The van der Waals surface area contributed by atoms with Crippen molar-refractivity contribution in [1.29, 1.82) is 0 Å². The minimum absolute atomic E-state index is 0.00626. The third-order valence-corrected chi connectivity index (χ3v) is 23.0. The molecule has 4 amide bonds. The number of nitrogens with zero attached hydrogens (tertiary/aromatic N) is 5. The summed E-state index contributed by atoms with van der Waals surface area (Å²) < 4.78 is 55.6. The smallest absolute Gasteiger partial charge is 0.409 e. The maximum Gasteiger partial charge on any atom is 0.409 e. The number of pyridine rings is 1. The molecule has 4 aromatic carbocycles. The van der Waals surface area contributed by atoms with Crippen LogP contribution in [0.15, 0.2) is 97.2 Å². The highest BCUT2D eigenvalue weighted by Gasteiger charge is 2.66. The van der Waals surface area contributed by atoms with Gasteiger partial charge in [0.1, 0.15) is 36.5 Å². The molecule has 5 aliphatic rings. The molecule has 5 fully saturated rings. The summed E-state index contributed by atoms with van der Waals surface area (Å²) in [5.41, 5.74) is 4.19. The van der Waals surface area contributed by atoms with Crippen LogP contribution in [0.4, 0.5) is 9.93 Å². The molecule has 0 aliphatic heterocycles. The minimum Gasteiger partial charge on any atom is -0.488 e. The summed E-state index contributed by atoms with van der Waals surface area (Å²) in [5, 5.41) is 76.3. The van der Waals surface area contributed by atoms with Gasteiger partial charge >= 0.3 is 24.0 Å². The van der Waals surface area contributed by atoms with E-state index in [-0.39, 0.29) is 98.5 Å². The van der Waals surface area contributed by atoms with Crippen molar-refractivity contribution in [2.45, 2.75) is 173 Å². The summed E-state index contributed by atoms with van der Waals surface area (Å²) in [7, 11) is -3.08. The van der Waals surface area contributed by atoms with Crippen LogP contribution in [-0.2, 0) is 63.1 Å². The van der Waals surface area contributed by atoms with Gasteiger partial charge in [0.05, 0.1) is 64.4 Å². The molecular weight excluding hydrogens is 1420 g/mol. The van der Waals surface area contributed by atoms with E-state index in [4.69, 9.17) is 29.4 Å². The average Bonchev–Trinajstić information content (AvgIpc) is 0.846. The first kappa shape index (κ1) is 78.8. The van der Waals surface area contributed by atoms with Crippen molar-refractivity contribution in [3.05, 3.63) is 125 Å². The molecule has 0 radical (unpaired) electrons. The van der Waals surface area contributed by atoms with Crippen molar-refractivity contribution < 1.29 is 96.2 Å². The Hall–Kier alpha value is -9.30. The highest BCUT2D eigenvalue weighted by Crippen LogP contribution is 2.72. The van der Waals surface area contributed by atoms with E-state index < -0.39 is 106 Å².